The van der Waals surface area contributed by atoms with Crippen LogP contribution < -0.4 is 5.32 Å². The zero-order chi connectivity index (χ0) is 13.7. The van der Waals surface area contributed by atoms with E-state index in [1.165, 1.54) is 16.8 Å². The molecule has 1 heterocycles. The average molecular weight is 257 g/mol. The van der Waals surface area contributed by atoms with Gasteiger partial charge in [0.15, 0.2) is 0 Å². The van der Waals surface area contributed by atoms with Crippen LogP contribution in [0.3, 0.4) is 0 Å². The fourth-order valence-corrected chi connectivity index (χ4v) is 2.01. The highest BCUT2D eigenvalue weighted by Gasteiger charge is 2.35. The third-order valence-corrected chi connectivity index (χ3v) is 2.86. The van der Waals surface area contributed by atoms with Crippen LogP contribution in [0.25, 0.3) is 0 Å². The molecule has 1 atom stereocenters. The van der Waals surface area contributed by atoms with Gasteiger partial charge >= 0.3 is 12.0 Å². The predicted molar refractivity (Wildman–Crippen MR) is 64.1 cm³/mol. The molecule has 1 saturated heterocycles. The Kier molecular flexibility index (Phi) is 4.94. The van der Waals surface area contributed by atoms with Gasteiger partial charge in [-0.15, -0.1) is 0 Å². The minimum Gasteiger partial charge on any atom is -0.480 e. The van der Waals surface area contributed by atoms with Gasteiger partial charge in [0.05, 0.1) is 0 Å². The lowest BCUT2D eigenvalue weighted by Gasteiger charge is -2.27. The Morgan fingerprint density at radius 1 is 1.44 bits per heavy atom. The van der Waals surface area contributed by atoms with Crippen molar-refractivity contribution in [3.8, 4) is 0 Å². The van der Waals surface area contributed by atoms with Gasteiger partial charge < -0.3 is 20.2 Å². The maximum Gasteiger partial charge on any atom is 0.326 e. The number of hydrogen-bond acceptors (Lipinski definition) is 3. The van der Waals surface area contributed by atoms with Gasteiger partial charge in [-0.3, -0.25) is 4.79 Å². The van der Waals surface area contributed by atoms with Crippen molar-refractivity contribution in [1.82, 2.24) is 15.1 Å². The summed E-state index contributed by atoms with van der Waals surface area (Å²) in [4.78, 5) is 36.9. The summed E-state index contributed by atoms with van der Waals surface area (Å²) < 4.78 is 0. The average Bonchev–Trinajstić information content (AvgIpc) is 2.76. The van der Waals surface area contributed by atoms with E-state index in [0.717, 1.165) is 0 Å². The number of carboxylic acid groups (broad SMARTS) is 1. The van der Waals surface area contributed by atoms with Gasteiger partial charge in [0.25, 0.3) is 0 Å². The Morgan fingerprint density at radius 3 is 2.67 bits per heavy atom. The molecular weight excluding hydrogens is 238 g/mol. The molecule has 3 amide bonds. The van der Waals surface area contributed by atoms with Crippen LogP contribution in [0.2, 0.25) is 0 Å². The predicted octanol–water partition coefficient (Wildman–Crippen LogP) is -0.277. The van der Waals surface area contributed by atoms with Gasteiger partial charge in [-0.2, -0.15) is 0 Å². The van der Waals surface area contributed by atoms with Crippen LogP contribution in [-0.2, 0) is 9.59 Å². The minimum atomic E-state index is -0.993. The first-order valence-electron chi connectivity index (χ1n) is 5.98. The van der Waals surface area contributed by atoms with Crippen LogP contribution in [0.4, 0.5) is 4.79 Å². The van der Waals surface area contributed by atoms with Gasteiger partial charge in [0, 0.05) is 20.1 Å². The van der Waals surface area contributed by atoms with E-state index in [9.17, 15) is 14.4 Å². The molecule has 1 fully saturated rings. The number of likely N-dealkylation sites (tertiary alicyclic amines) is 1. The third-order valence-electron chi connectivity index (χ3n) is 2.86. The van der Waals surface area contributed by atoms with E-state index in [2.05, 4.69) is 5.32 Å². The lowest BCUT2D eigenvalue weighted by Crippen LogP contribution is -2.49. The normalized spacial score (nSPS) is 18.6. The summed E-state index contributed by atoms with van der Waals surface area (Å²) in [5.41, 5.74) is 0. The Morgan fingerprint density at radius 2 is 2.11 bits per heavy atom. The standard InChI is InChI=1S/C11H19N3O4/c1-3-12-9(15)7-13(2)11(18)14-6-4-5-8(14)10(16)17/h8H,3-7H2,1-2H3,(H,12,15)(H,16,17). The first-order chi connectivity index (χ1) is 8.47. The number of carbonyl (C=O) groups excluding carboxylic acids is 2. The molecule has 1 aliphatic rings. The number of carboxylic acids is 1. The molecule has 0 aromatic heterocycles. The van der Waals surface area contributed by atoms with E-state index in [4.69, 9.17) is 5.11 Å². The SMILES string of the molecule is CCNC(=O)CN(C)C(=O)N1CCCC1C(=O)O. The van der Waals surface area contributed by atoms with Crippen molar-refractivity contribution in [1.29, 1.82) is 0 Å². The zero-order valence-corrected chi connectivity index (χ0v) is 10.7. The summed E-state index contributed by atoms with van der Waals surface area (Å²) in [5, 5.41) is 11.6. The smallest absolute Gasteiger partial charge is 0.326 e. The van der Waals surface area contributed by atoms with Crippen molar-refractivity contribution in [3.63, 3.8) is 0 Å². The lowest BCUT2D eigenvalue weighted by atomic mass is 10.2. The Hall–Kier alpha value is -1.79. The molecular formula is C11H19N3O4. The number of carbonyl (C=O) groups is 3. The number of urea groups is 1. The van der Waals surface area contributed by atoms with Gasteiger partial charge in [0.2, 0.25) is 5.91 Å². The molecule has 0 spiro atoms. The second-order valence-corrected chi connectivity index (χ2v) is 4.28. The lowest BCUT2D eigenvalue weighted by molar-refractivity contribution is -0.141. The summed E-state index contributed by atoms with van der Waals surface area (Å²) in [6.45, 7) is 2.66. The van der Waals surface area contributed by atoms with Gasteiger partial charge in [-0.25, -0.2) is 9.59 Å². The highest BCUT2D eigenvalue weighted by molar-refractivity contribution is 5.86. The molecule has 0 bridgehead atoms. The van der Waals surface area contributed by atoms with Crippen LogP contribution >= 0.6 is 0 Å². The Bertz CT molecular complexity index is 345. The molecule has 0 radical (unpaired) electrons. The second-order valence-electron chi connectivity index (χ2n) is 4.28. The van der Waals surface area contributed by atoms with Crippen LogP contribution in [0, 0.1) is 0 Å². The third kappa shape index (κ3) is 3.35. The van der Waals surface area contributed by atoms with Crippen molar-refractivity contribution in [3.05, 3.63) is 0 Å². The number of amides is 3. The van der Waals surface area contributed by atoms with E-state index in [-0.39, 0.29) is 12.5 Å². The van der Waals surface area contributed by atoms with Crippen molar-refractivity contribution in [2.24, 2.45) is 0 Å². The number of likely N-dealkylation sites (N-methyl/N-ethyl adjacent to an activating group) is 2. The highest BCUT2D eigenvalue weighted by atomic mass is 16.4. The summed E-state index contributed by atoms with van der Waals surface area (Å²) in [6.07, 6.45) is 1.15. The zero-order valence-electron chi connectivity index (χ0n) is 10.7. The number of aliphatic carboxylic acids is 1. The molecule has 1 aliphatic heterocycles. The molecule has 18 heavy (non-hydrogen) atoms. The molecule has 7 nitrogen and oxygen atoms in total. The molecule has 1 unspecified atom stereocenters. The quantitative estimate of drug-likeness (QED) is 0.725. The maximum atomic E-state index is 12.0. The van der Waals surface area contributed by atoms with Crippen molar-refractivity contribution in [2.45, 2.75) is 25.8 Å². The van der Waals surface area contributed by atoms with Crippen LogP contribution in [-0.4, -0.2) is 65.5 Å². The van der Waals surface area contributed by atoms with Crippen molar-refractivity contribution < 1.29 is 19.5 Å². The topological polar surface area (TPSA) is 90.0 Å². The fraction of sp³-hybridized carbons (Fsp3) is 0.727. The number of hydrogen-bond donors (Lipinski definition) is 2. The van der Waals surface area contributed by atoms with Gasteiger partial charge in [-0.1, -0.05) is 0 Å². The van der Waals surface area contributed by atoms with E-state index in [1.54, 1.807) is 6.92 Å². The van der Waals surface area contributed by atoms with Gasteiger partial charge in [0.1, 0.15) is 12.6 Å². The van der Waals surface area contributed by atoms with Crippen LogP contribution in [0.15, 0.2) is 0 Å². The first-order valence-corrected chi connectivity index (χ1v) is 5.98. The molecule has 0 saturated carbocycles. The molecule has 102 valence electrons. The van der Waals surface area contributed by atoms with Crippen molar-refractivity contribution in [2.75, 3.05) is 26.7 Å². The Labute approximate surface area is 106 Å². The molecule has 1 rings (SSSR count). The summed E-state index contributed by atoms with van der Waals surface area (Å²) in [6, 6.07) is -1.18. The number of nitrogens with zero attached hydrogens (tertiary/aromatic N) is 2. The van der Waals surface area contributed by atoms with E-state index >= 15 is 0 Å². The van der Waals surface area contributed by atoms with E-state index < -0.39 is 18.0 Å². The number of nitrogens with one attached hydrogen (secondary N) is 1. The largest absolute Gasteiger partial charge is 0.480 e. The van der Waals surface area contributed by atoms with Crippen LogP contribution in [0.5, 0.6) is 0 Å². The first kappa shape index (κ1) is 14.3. The fourth-order valence-electron chi connectivity index (χ4n) is 2.01. The van der Waals surface area contributed by atoms with E-state index in [1.807, 2.05) is 0 Å². The summed E-state index contributed by atoms with van der Waals surface area (Å²) >= 11 is 0. The molecule has 7 heteroatoms. The second kappa shape index (κ2) is 6.23. The maximum absolute atomic E-state index is 12.0. The molecule has 0 aromatic rings. The molecule has 2 N–H and O–H groups in total. The van der Waals surface area contributed by atoms with Crippen molar-refractivity contribution >= 4 is 17.9 Å². The summed E-state index contributed by atoms with van der Waals surface area (Å²) in [5.74, 6) is -1.24. The summed E-state index contributed by atoms with van der Waals surface area (Å²) in [7, 11) is 1.49. The molecule has 0 aliphatic carbocycles. The van der Waals surface area contributed by atoms with Gasteiger partial charge in [-0.05, 0) is 19.8 Å². The van der Waals surface area contributed by atoms with Crippen LogP contribution in [0.1, 0.15) is 19.8 Å². The monoisotopic (exact) mass is 257 g/mol. The highest BCUT2D eigenvalue weighted by Crippen LogP contribution is 2.18. The molecule has 0 aromatic carbocycles. The number of rotatable bonds is 4. The minimum absolute atomic E-state index is 0.0600. The van der Waals surface area contributed by atoms with E-state index in [0.29, 0.717) is 25.9 Å². The Balaban J connectivity index is 2.57.